The number of carbonyl (C=O) groups is 1. The number of rotatable bonds is 5. The zero-order valence-electron chi connectivity index (χ0n) is 13.4. The van der Waals surface area contributed by atoms with Crippen LogP contribution in [0.25, 0.3) is 0 Å². The zero-order chi connectivity index (χ0) is 15.9. The van der Waals surface area contributed by atoms with Crippen molar-refractivity contribution in [3.63, 3.8) is 0 Å². The second-order valence-electron chi connectivity index (χ2n) is 6.22. The number of hydrogen-bond donors (Lipinski definition) is 2. The van der Waals surface area contributed by atoms with Crippen molar-refractivity contribution in [2.45, 2.75) is 31.8 Å². The Hall–Kier alpha value is -1.89. The Morgan fingerprint density at radius 3 is 2.74 bits per heavy atom. The summed E-state index contributed by atoms with van der Waals surface area (Å²) in [7, 11) is 0. The first-order valence-corrected chi connectivity index (χ1v) is 8.45. The highest BCUT2D eigenvalue weighted by Crippen LogP contribution is 2.20. The van der Waals surface area contributed by atoms with Gasteiger partial charge in [-0.1, -0.05) is 0 Å². The van der Waals surface area contributed by atoms with Gasteiger partial charge in [0.25, 0.3) is 0 Å². The molecule has 7 heteroatoms. The number of hydrogen-bond acceptors (Lipinski definition) is 5. The Balaban J connectivity index is 1.32. The maximum atomic E-state index is 11.8. The Bertz CT molecular complexity index is 485. The molecule has 2 aliphatic heterocycles. The van der Waals surface area contributed by atoms with E-state index in [1.165, 1.54) is 0 Å². The molecule has 0 aliphatic carbocycles. The lowest BCUT2D eigenvalue weighted by Gasteiger charge is -2.32. The molecule has 0 spiro atoms. The van der Waals surface area contributed by atoms with E-state index in [0.29, 0.717) is 12.5 Å². The van der Waals surface area contributed by atoms with Crippen LogP contribution in [-0.4, -0.2) is 54.9 Å². The van der Waals surface area contributed by atoms with Gasteiger partial charge in [0.05, 0.1) is 12.3 Å². The number of aromatic nitrogens is 2. The summed E-state index contributed by atoms with van der Waals surface area (Å²) in [6, 6.07) is -0.0862. The van der Waals surface area contributed by atoms with Crippen molar-refractivity contribution >= 4 is 11.8 Å². The van der Waals surface area contributed by atoms with E-state index in [0.717, 1.165) is 57.7 Å². The molecule has 0 bridgehead atoms. The largest absolute Gasteiger partial charge is 0.376 e. The van der Waals surface area contributed by atoms with Gasteiger partial charge in [0.1, 0.15) is 5.82 Å². The summed E-state index contributed by atoms with van der Waals surface area (Å²) in [4.78, 5) is 22.5. The minimum absolute atomic E-state index is 0.0862. The summed E-state index contributed by atoms with van der Waals surface area (Å²) < 4.78 is 5.49. The van der Waals surface area contributed by atoms with Crippen molar-refractivity contribution in [3.8, 4) is 0 Å². The third-order valence-corrected chi connectivity index (χ3v) is 4.55. The number of nitrogens with one attached hydrogen (secondary N) is 2. The standard InChI is InChI=1S/C16H25N5O2/c22-16(20-11-14-2-1-9-23-14)19-10-13-3-7-21(8-4-13)15-12-17-5-6-18-15/h5-6,12-14H,1-4,7-11H2,(H2,19,20,22)/t14-/m1/s1. The second-order valence-corrected chi connectivity index (χ2v) is 6.22. The molecule has 2 N–H and O–H groups in total. The Labute approximate surface area is 136 Å². The quantitative estimate of drug-likeness (QED) is 0.852. The van der Waals surface area contributed by atoms with E-state index in [2.05, 4.69) is 25.5 Å². The lowest BCUT2D eigenvalue weighted by atomic mass is 9.97. The lowest BCUT2D eigenvalue weighted by molar-refractivity contribution is 0.111. The van der Waals surface area contributed by atoms with Gasteiger partial charge in [-0.15, -0.1) is 0 Å². The van der Waals surface area contributed by atoms with Gasteiger partial charge in [0, 0.05) is 45.2 Å². The third-order valence-electron chi connectivity index (χ3n) is 4.55. The van der Waals surface area contributed by atoms with Crippen LogP contribution in [0.2, 0.25) is 0 Å². The highest BCUT2D eigenvalue weighted by Gasteiger charge is 2.21. The molecule has 1 atom stereocenters. The first kappa shape index (κ1) is 16.0. The summed E-state index contributed by atoms with van der Waals surface area (Å²) in [5.41, 5.74) is 0. The minimum Gasteiger partial charge on any atom is -0.376 e. The maximum absolute atomic E-state index is 11.8. The molecule has 0 saturated carbocycles. The number of anilines is 1. The average molecular weight is 319 g/mol. The van der Waals surface area contributed by atoms with Crippen LogP contribution in [0.1, 0.15) is 25.7 Å². The van der Waals surface area contributed by atoms with E-state index in [1.807, 2.05) is 0 Å². The smallest absolute Gasteiger partial charge is 0.314 e. The first-order valence-electron chi connectivity index (χ1n) is 8.45. The predicted octanol–water partition coefficient (Wildman–Crippen LogP) is 1.17. The number of nitrogens with zero attached hydrogens (tertiary/aromatic N) is 3. The molecule has 126 valence electrons. The Morgan fingerprint density at radius 1 is 1.22 bits per heavy atom. The fraction of sp³-hybridized carbons (Fsp3) is 0.688. The van der Waals surface area contributed by atoms with Crippen LogP contribution >= 0.6 is 0 Å². The molecule has 2 fully saturated rings. The van der Waals surface area contributed by atoms with Crippen LogP contribution in [0.5, 0.6) is 0 Å². The molecule has 2 saturated heterocycles. The summed E-state index contributed by atoms with van der Waals surface area (Å²) >= 11 is 0. The van der Waals surface area contributed by atoms with Crippen molar-refractivity contribution in [2.75, 3.05) is 37.7 Å². The van der Waals surface area contributed by atoms with Crippen LogP contribution in [-0.2, 0) is 4.74 Å². The fourth-order valence-electron chi connectivity index (χ4n) is 3.13. The maximum Gasteiger partial charge on any atom is 0.314 e. The van der Waals surface area contributed by atoms with Gasteiger partial charge in [0.15, 0.2) is 0 Å². The van der Waals surface area contributed by atoms with Gasteiger partial charge < -0.3 is 20.3 Å². The van der Waals surface area contributed by atoms with Crippen LogP contribution < -0.4 is 15.5 Å². The van der Waals surface area contributed by atoms with Gasteiger partial charge >= 0.3 is 6.03 Å². The van der Waals surface area contributed by atoms with E-state index in [-0.39, 0.29) is 12.1 Å². The van der Waals surface area contributed by atoms with Gasteiger partial charge in [-0.3, -0.25) is 4.98 Å². The van der Waals surface area contributed by atoms with Crippen molar-refractivity contribution < 1.29 is 9.53 Å². The molecule has 0 aromatic carbocycles. The number of urea groups is 1. The van der Waals surface area contributed by atoms with Crippen molar-refractivity contribution in [1.82, 2.24) is 20.6 Å². The average Bonchev–Trinajstić information content (AvgIpc) is 3.13. The molecule has 0 radical (unpaired) electrons. The molecule has 2 amide bonds. The predicted molar refractivity (Wildman–Crippen MR) is 87.3 cm³/mol. The van der Waals surface area contributed by atoms with E-state index < -0.39 is 0 Å². The van der Waals surface area contributed by atoms with Gasteiger partial charge in [-0.05, 0) is 31.6 Å². The topological polar surface area (TPSA) is 79.4 Å². The van der Waals surface area contributed by atoms with Gasteiger partial charge in [-0.25, -0.2) is 9.78 Å². The monoisotopic (exact) mass is 319 g/mol. The molecule has 1 aromatic rings. The SMILES string of the molecule is O=C(NCC1CCN(c2cnccn2)CC1)NC[C@H]1CCCO1. The number of ether oxygens (including phenoxy) is 1. The minimum atomic E-state index is -0.0862. The van der Waals surface area contributed by atoms with Crippen molar-refractivity contribution in [3.05, 3.63) is 18.6 Å². The number of amides is 2. The summed E-state index contributed by atoms with van der Waals surface area (Å²) in [5.74, 6) is 1.46. The van der Waals surface area contributed by atoms with Crippen LogP contribution in [0.3, 0.4) is 0 Å². The van der Waals surface area contributed by atoms with Crippen LogP contribution in [0.15, 0.2) is 18.6 Å². The first-order chi connectivity index (χ1) is 11.3. The molecule has 2 aliphatic rings. The third kappa shape index (κ3) is 4.79. The summed E-state index contributed by atoms with van der Waals surface area (Å²) in [6.45, 7) is 4.08. The van der Waals surface area contributed by atoms with E-state index in [1.54, 1.807) is 18.6 Å². The van der Waals surface area contributed by atoms with E-state index in [9.17, 15) is 4.79 Å². The molecule has 23 heavy (non-hydrogen) atoms. The Morgan fingerprint density at radius 2 is 2.04 bits per heavy atom. The zero-order valence-corrected chi connectivity index (χ0v) is 13.4. The fourth-order valence-corrected chi connectivity index (χ4v) is 3.13. The summed E-state index contributed by atoms with van der Waals surface area (Å²) in [5, 5.41) is 5.87. The van der Waals surface area contributed by atoms with E-state index >= 15 is 0 Å². The van der Waals surface area contributed by atoms with Gasteiger partial charge in [-0.2, -0.15) is 0 Å². The molecule has 7 nitrogen and oxygen atoms in total. The molecule has 3 heterocycles. The van der Waals surface area contributed by atoms with Gasteiger partial charge in [0.2, 0.25) is 0 Å². The lowest BCUT2D eigenvalue weighted by Crippen LogP contribution is -2.43. The molecular formula is C16H25N5O2. The van der Waals surface area contributed by atoms with Crippen molar-refractivity contribution in [1.29, 1.82) is 0 Å². The van der Waals surface area contributed by atoms with Crippen LogP contribution in [0.4, 0.5) is 10.6 Å². The van der Waals surface area contributed by atoms with E-state index in [4.69, 9.17) is 4.74 Å². The normalized spacial score (nSPS) is 22.1. The Kier molecular flexibility index (Phi) is 5.63. The molecule has 3 rings (SSSR count). The molecule has 0 unspecified atom stereocenters. The highest BCUT2D eigenvalue weighted by atomic mass is 16.5. The number of carbonyl (C=O) groups excluding carboxylic acids is 1. The number of piperidine rings is 1. The molecular weight excluding hydrogens is 294 g/mol. The second kappa shape index (κ2) is 8.10. The molecule has 1 aromatic heterocycles. The van der Waals surface area contributed by atoms with Crippen molar-refractivity contribution in [2.24, 2.45) is 5.92 Å². The summed E-state index contributed by atoms with van der Waals surface area (Å²) in [6.07, 6.45) is 9.66. The van der Waals surface area contributed by atoms with Crippen LogP contribution in [0, 0.1) is 5.92 Å². The highest BCUT2D eigenvalue weighted by molar-refractivity contribution is 5.73.